The number of unbranched alkanes of at least 4 members (excludes halogenated alkanes) is 1. The van der Waals surface area contributed by atoms with E-state index in [1.807, 2.05) is 6.92 Å². The Morgan fingerprint density at radius 2 is 2.15 bits per heavy atom. The zero-order valence-corrected chi connectivity index (χ0v) is 8.20. The number of hydrogen-bond donors (Lipinski definition) is 1. The summed E-state index contributed by atoms with van der Waals surface area (Å²) in [7, 11) is 0. The van der Waals surface area contributed by atoms with Gasteiger partial charge in [-0.3, -0.25) is 9.97 Å². The number of aromatic nitrogens is 2. The molecule has 0 aliphatic carbocycles. The number of aliphatic hydroxyl groups excluding tert-OH is 1. The molecule has 1 N–H and O–H groups in total. The van der Waals surface area contributed by atoms with Gasteiger partial charge < -0.3 is 5.11 Å². The minimum absolute atomic E-state index is 0.451. The monoisotopic (exact) mass is 180 g/mol. The third-order valence-corrected chi connectivity index (χ3v) is 1.97. The number of rotatable bonds is 4. The summed E-state index contributed by atoms with van der Waals surface area (Å²) < 4.78 is 0. The quantitative estimate of drug-likeness (QED) is 0.771. The molecule has 1 heterocycles. The number of aliphatic hydroxyl groups is 1. The van der Waals surface area contributed by atoms with Gasteiger partial charge in [-0.05, 0) is 13.3 Å². The van der Waals surface area contributed by atoms with E-state index in [1.54, 1.807) is 12.4 Å². The molecule has 0 saturated carbocycles. The molecule has 1 atom stereocenters. The molecule has 0 bridgehead atoms. The topological polar surface area (TPSA) is 46.0 Å². The van der Waals surface area contributed by atoms with E-state index >= 15 is 0 Å². The summed E-state index contributed by atoms with van der Waals surface area (Å²) in [5, 5.41) is 9.64. The van der Waals surface area contributed by atoms with Gasteiger partial charge in [-0.25, -0.2) is 0 Å². The van der Waals surface area contributed by atoms with Crippen molar-refractivity contribution in [2.24, 2.45) is 0 Å². The average molecular weight is 180 g/mol. The predicted octanol–water partition coefficient (Wildman–Crippen LogP) is 2.01. The normalized spacial score (nSPS) is 12.8. The maximum absolute atomic E-state index is 9.64. The SMILES string of the molecule is CCCCC(O)c1cnc(C)cn1. The van der Waals surface area contributed by atoms with Gasteiger partial charge >= 0.3 is 0 Å². The van der Waals surface area contributed by atoms with Gasteiger partial charge in [0.2, 0.25) is 0 Å². The Morgan fingerprint density at radius 3 is 2.69 bits per heavy atom. The van der Waals surface area contributed by atoms with E-state index in [0.717, 1.165) is 25.0 Å². The molecule has 1 aromatic heterocycles. The largest absolute Gasteiger partial charge is 0.387 e. The molecule has 0 saturated heterocycles. The lowest BCUT2D eigenvalue weighted by Gasteiger charge is -2.08. The van der Waals surface area contributed by atoms with Gasteiger partial charge in [-0.2, -0.15) is 0 Å². The fourth-order valence-corrected chi connectivity index (χ4v) is 1.12. The molecule has 0 spiro atoms. The Morgan fingerprint density at radius 1 is 1.38 bits per heavy atom. The molecule has 13 heavy (non-hydrogen) atoms. The molecular weight excluding hydrogens is 164 g/mol. The van der Waals surface area contributed by atoms with Crippen LogP contribution in [-0.4, -0.2) is 15.1 Å². The van der Waals surface area contributed by atoms with E-state index < -0.39 is 6.10 Å². The van der Waals surface area contributed by atoms with Crippen molar-refractivity contribution >= 4 is 0 Å². The Labute approximate surface area is 78.9 Å². The van der Waals surface area contributed by atoms with Crippen molar-refractivity contribution < 1.29 is 5.11 Å². The summed E-state index contributed by atoms with van der Waals surface area (Å²) in [5.41, 5.74) is 1.56. The Hall–Kier alpha value is -0.960. The summed E-state index contributed by atoms with van der Waals surface area (Å²) >= 11 is 0. The van der Waals surface area contributed by atoms with Crippen molar-refractivity contribution in [3.05, 3.63) is 23.8 Å². The van der Waals surface area contributed by atoms with Crippen LogP contribution in [0.1, 0.15) is 43.7 Å². The van der Waals surface area contributed by atoms with Crippen LogP contribution in [0.4, 0.5) is 0 Å². The maximum atomic E-state index is 9.64. The zero-order chi connectivity index (χ0) is 9.68. The van der Waals surface area contributed by atoms with Crippen molar-refractivity contribution in [3.63, 3.8) is 0 Å². The highest BCUT2D eigenvalue weighted by atomic mass is 16.3. The lowest BCUT2D eigenvalue weighted by atomic mass is 10.1. The van der Waals surface area contributed by atoms with E-state index in [1.165, 1.54) is 0 Å². The second-order valence-electron chi connectivity index (χ2n) is 3.24. The van der Waals surface area contributed by atoms with Gasteiger partial charge in [-0.15, -0.1) is 0 Å². The molecule has 0 aliphatic heterocycles. The summed E-state index contributed by atoms with van der Waals surface area (Å²) in [6.45, 7) is 3.99. The summed E-state index contributed by atoms with van der Waals surface area (Å²) in [5.74, 6) is 0. The average Bonchev–Trinajstić information content (AvgIpc) is 2.15. The van der Waals surface area contributed by atoms with Gasteiger partial charge in [0.1, 0.15) is 0 Å². The van der Waals surface area contributed by atoms with E-state index in [9.17, 15) is 5.11 Å². The number of nitrogens with zero attached hydrogens (tertiary/aromatic N) is 2. The Kier molecular flexibility index (Phi) is 3.83. The molecule has 1 rings (SSSR count). The van der Waals surface area contributed by atoms with Crippen molar-refractivity contribution in [2.75, 3.05) is 0 Å². The lowest BCUT2D eigenvalue weighted by Crippen LogP contribution is -2.01. The zero-order valence-electron chi connectivity index (χ0n) is 8.20. The van der Waals surface area contributed by atoms with Crippen LogP contribution in [0, 0.1) is 6.92 Å². The summed E-state index contributed by atoms with van der Waals surface area (Å²) in [6, 6.07) is 0. The van der Waals surface area contributed by atoms with Crippen molar-refractivity contribution in [2.45, 2.75) is 39.2 Å². The van der Waals surface area contributed by atoms with Crippen LogP contribution in [0.2, 0.25) is 0 Å². The van der Waals surface area contributed by atoms with Crippen LogP contribution in [0.5, 0.6) is 0 Å². The molecule has 1 unspecified atom stereocenters. The molecule has 0 amide bonds. The highest BCUT2D eigenvalue weighted by Gasteiger charge is 2.07. The predicted molar refractivity (Wildman–Crippen MR) is 51.3 cm³/mol. The van der Waals surface area contributed by atoms with Crippen LogP contribution in [0.15, 0.2) is 12.4 Å². The first-order valence-electron chi connectivity index (χ1n) is 4.70. The second kappa shape index (κ2) is 4.92. The minimum atomic E-state index is -0.451. The molecule has 1 aromatic rings. The lowest BCUT2D eigenvalue weighted by molar-refractivity contribution is 0.159. The van der Waals surface area contributed by atoms with Crippen molar-refractivity contribution in [1.82, 2.24) is 9.97 Å². The molecule has 0 radical (unpaired) electrons. The van der Waals surface area contributed by atoms with Gasteiger partial charge in [0.15, 0.2) is 0 Å². The number of aryl methyl sites for hydroxylation is 1. The highest BCUT2D eigenvalue weighted by molar-refractivity contribution is 5.03. The van der Waals surface area contributed by atoms with Gasteiger partial charge in [0.25, 0.3) is 0 Å². The molecule has 3 heteroatoms. The van der Waals surface area contributed by atoms with Crippen LogP contribution in [-0.2, 0) is 0 Å². The first-order valence-corrected chi connectivity index (χ1v) is 4.70. The maximum Gasteiger partial charge on any atom is 0.0975 e. The number of hydrogen-bond acceptors (Lipinski definition) is 3. The van der Waals surface area contributed by atoms with Gasteiger partial charge in [-0.1, -0.05) is 19.8 Å². The third kappa shape index (κ3) is 3.11. The van der Waals surface area contributed by atoms with Crippen molar-refractivity contribution in [3.8, 4) is 0 Å². The van der Waals surface area contributed by atoms with Crippen LogP contribution < -0.4 is 0 Å². The summed E-state index contributed by atoms with van der Waals surface area (Å²) in [4.78, 5) is 8.20. The molecular formula is C10H16N2O. The fraction of sp³-hybridized carbons (Fsp3) is 0.600. The van der Waals surface area contributed by atoms with Crippen LogP contribution in [0.25, 0.3) is 0 Å². The third-order valence-electron chi connectivity index (χ3n) is 1.97. The molecule has 0 aromatic carbocycles. The second-order valence-corrected chi connectivity index (χ2v) is 3.24. The Balaban J connectivity index is 2.55. The van der Waals surface area contributed by atoms with Crippen LogP contribution >= 0.6 is 0 Å². The van der Waals surface area contributed by atoms with Crippen molar-refractivity contribution in [1.29, 1.82) is 0 Å². The van der Waals surface area contributed by atoms with E-state index in [0.29, 0.717) is 5.69 Å². The van der Waals surface area contributed by atoms with Gasteiger partial charge in [0.05, 0.1) is 23.7 Å². The first kappa shape index (κ1) is 10.1. The Bertz CT molecular complexity index is 246. The van der Waals surface area contributed by atoms with E-state index in [4.69, 9.17) is 0 Å². The molecule has 0 fully saturated rings. The minimum Gasteiger partial charge on any atom is -0.387 e. The van der Waals surface area contributed by atoms with E-state index in [2.05, 4.69) is 16.9 Å². The smallest absolute Gasteiger partial charge is 0.0975 e. The first-order chi connectivity index (χ1) is 6.24. The molecule has 72 valence electrons. The fourth-order valence-electron chi connectivity index (χ4n) is 1.12. The molecule has 3 nitrogen and oxygen atoms in total. The van der Waals surface area contributed by atoms with Gasteiger partial charge in [0, 0.05) is 6.20 Å². The molecule has 0 aliphatic rings. The van der Waals surface area contributed by atoms with E-state index in [-0.39, 0.29) is 0 Å². The van der Waals surface area contributed by atoms with Crippen LogP contribution in [0.3, 0.4) is 0 Å². The highest BCUT2D eigenvalue weighted by Crippen LogP contribution is 2.15. The summed E-state index contributed by atoms with van der Waals surface area (Å²) in [6.07, 6.45) is 5.77. The standard InChI is InChI=1S/C10H16N2O/c1-3-4-5-10(13)9-7-11-8(2)6-12-9/h6-7,10,13H,3-5H2,1-2H3.